The highest BCUT2D eigenvalue weighted by atomic mass is 35.5. The fourth-order valence-corrected chi connectivity index (χ4v) is 1.86. The summed E-state index contributed by atoms with van der Waals surface area (Å²) in [6, 6.07) is 5.93. The highest BCUT2D eigenvalue weighted by Crippen LogP contribution is 2.31. The molecular weight excluding hydrogens is 286 g/mol. The van der Waals surface area contributed by atoms with Gasteiger partial charge in [-0.15, -0.1) is 18.8 Å². The van der Waals surface area contributed by atoms with Crippen LogP contribution in [0.25, 0.3) is 0 Å². The molecule has 0 saturated heterocycles. The van der Waals surface area contributed by atoms with Crippen molar-refractivity contribution in [3.63, 3.8) is 0 Å². The number of hydrogen-bond donors (Lipinski definition) is 1. The normalized spacial score (nSPS) is 9.86. The topological polar surface area (TPSA) is 30.5 Å². The Morgan fingerprint density at radius 1 is 1.29 bits per heavy atom. The molecule has 0 aliphatic carbocycles. The molecule has 0 radical (unpaired) electrons. The lowest BCUT2D eigenvalue weighted by Crippen LogP contribution is -2.17. The summed E-state index contributed by atoms with van der Waals surface area (Å²) >= 11 is 0. The highest BCUT2D eigenvalue weighted by Gasteiger charge is 2.10. The number of halogens is 1. The van der Waals surface area contributed by atoms with Crippen LogP contribution in [0, 0.1) is 18.3 Å². The molecule has 1 rings (SSSR count). The third-order valence-electron chi connectivity index (χ3n) is 2.87. The molecule has 1 N–H and O–H groups in total. The van der Waals surface area contributed by atoms with Crippen LogP contribution in [-0.2, 0) is 6.54 Å². The van der Waals surface area contributed by atoms with Gasteiger partial charge in [0.2, 0.25) is 0 Å². The fourth-order valence-electron chi connectivity index (χ4n) is 1.86. The average Bonchev–Trinajstić information content (AvgIpc) is 2.43. The average molecular weight is 312 g/mol. The van der Waals surface area contributed by atoms with Gasteiger partial charge in [0.25, 0.3) is 0 Å². The van der Waals surface area contributed by atoms with E-state index in [1.165, 1.54) is 0 Å². The summed E-state index contributed by atoms with van der Waals surface area (Å²) in [5, 5.41) is 3.43. The van der Waals surface area contributed by atoms with Gasteiger partial charge in [-0.1, -0.05) is 31.9 Å². The molecule has 0 fully saturated rings. The number of ether oxygens (including phenoxy) is 2. The van der Waals surface area contributed by atoms with Gasteiger partial charge in [0.05, 0.1) is 6.61 Å². The minimum absolute atomic E-state index is 0. The Morgan fingerprint density at radius 2 is 2.05 bits per heavy atom. The second kappa shape index (κ2) is 11.3. The molecule has 0 atom stereocenters. The zero-order valence-corrected chi connectivity index (χ0v) is 14.0. The summed E-state index contributed by atoms with van der Waals surface area (Å²) in [5.41, 5.74) is 1.08. The van der Waals surface area contributed by atoms with Crippen LogP contribution in [0.5, 0.6) is 11.5 Å². The van der Waals surface area contributed by atoms with Crippen LogP contribution in [0.2, 0.25) is 0 Å². The Labute approximate surface area is 134 Å². The lowest BCUT2D eigenvalue weighted by atomic mass is 10.1. The zero-order valence-electron chi connectivity index (χ0n) is 13.1. The van der Waals surface area contributed by atoms with E-state index in [-0.39, 0.29) is 19.0 Å². The molecule has 1 aromatic carbocycles. The SMILES string of the molecule is C#CCOc1c(CNCCC(C)C)cccc1OCC.Cl. The molecule has 0 saturated carbocycles. The van der Waals surface area contributed by atoms with Gasteiger partial charge in [0.15, 0.2) is 11.5 Å². The number of nitrogens with one attached hydrogen (secondary N) is 1. The first-order valence-electron chi connectivity index (χ1n) is 7.20. The van der Waals surface area contributed by atoms with Crippen LogP contribution in [-0.4, -0.2) is 19.8 Å². The predicted octanol–water partition coefficient (Wildman–Crippen LogP) is 3.65. The van der Waals surface area contributed by atoms with Crippen LogP contribution in [0.4, 0.5) is 0 Å². The summed E-state index contributed by atoms with van der Waals surface area (Å²) in [4.78, 5) is 0. The fraction of sp³-hybridized carbons (Fsp3) is 0.529. The van der Waals surface area contributed by atoms with Crippen molar-refractivity contribution >= 4 is 12.4 Å². The summed E-state index contributed by atoms with van der Waals surface area (Å²) in [6.45, 7) is 9.01. The second-order valence-corrected chi connectivity index (χ2v) is 5.03. The standard InChI is InChI=1S/C17H25NO2.ClH/c1-5-12-20-17-15(13-18-11-10-14(3)4)8-7-9-16(17)19-6-2;/h1,7-9,14,18H,6,10-13H2,2-4H3;1H. The third kappa shape index (κ3) is 7.27. The zero-order chi connectivity index (χ0) is 14.8. The summed E-state index contributed by atoms with van der Waals surface area (Å²) in [7, 11) is 0. The van der Waals surface area contributed by atoms with E-state index in [0.29, 0.717) is 12.5 Å². The first-order chi connectivity index (χ1) is 9.69. The Hall–Kier alpha value is -1.37. The monoisotopic (exact) mass is 311 g/mol. The van der Waals surface area contributed by atoms with Crippen molar-refractivity contribution in [2.24, 2.45) is 5.92 Å². The highest BCUT2D eigenvalue weighted by molar-refractivity contribution is 5.85. The molecule has 0 unspecified atom stereocenters. The molecule has 1 aromatic rings. The number of benzene rings is 1. The summed E-state index contributed by atoms with van der Waals surface area (Å²) in [6.07, 6.45) is 6.43. The van der Waals surface area contributed by atoms with Crippen LogP contribution in [0.1, 0.15) is 32.8 Å². The molecule has 118 valence electrons. The van der Waals surface area contributed by atoms with Crippen molar-refractivity contribution in [1.29, 1.82) is 0 Å². The van der Waals surface area contributed by atoms with Gasteiger partial charge in [-0.05, 0) is 31.9 Å². The first-order valence-corrected chi connectivity index (χ1v) is 7.20. The lowest BCUT2D eigenvalue weighted by Gasteiger charge is -2.15. The lowest BCUT2D eigenvalue weighted by molar-refractivity contribution is 0.296. The van der Waals surface area contributed by atoms with E-state index >= 15 is 0 Å². The van der Waals surface area contributed by atoms with Crippen molar-refractivity contribution in [1.82, 2.24) is 5.32 Å². The maximum Gasteiger partial charge on any atom is 0.167 e. The molecule has 0 bridgehead atoms. The molecule has 0 amide bonds. The molecule has 21 heavy (non-hydrogen) atoms. The number of para-hydroxylation sites is 1. The Morgan fingerprint density at radius 3 is 2.67 bits per heavy atom. The minimum Gasteiger partial charge on any atom is -0.490 e. The quantitative estimate of drug-likeness (QED) is 0.558. The van der Waals surface area contributed by atoms with Gasteiger partial charge in [-0.3, -0.25) is 0 Å². The maximum atomic E-state index is 5.65. The van der Waals surface area contributed by atoms with Crippen molar-refractivity contribution in [3.05, 3.63) is 23.8 Å². The molecular formula is C17H26ClNO2. The van der Waals surface area contributed by atoms with E-state index in [9.17, 15) is 0 Å². The Kier molecular flexibility index (Phi) is 10.6. The molecule has 3 nitrogen and oxygen atoms in total. The molecule has 0 aliphatic rings. The molecule has 0 aromatic heterocycles. The van der Waals surface area contributed by atoms with E-state index in [4.69, 9.17) is 15.9 Å². The molecule has 0 heterocycles. The van der Waals surface area contributed by atoms with Crippen molar-refractivity contribution in [2.45, 2.75) is 33.7 Å². The van der Waals surface area contributed by atoms with Crippen LogP contribution < -0.4 is 14.8 Å². The Balaban J connectivity index is 0.00000400. The first kappa shape index (κ1) is 19.6. The maximum absolute atomic E-state index is 5.65. The van der Waals surface area contributed by atoms with Crippen LogP contribution >= 0.6 is 12.4 Å². The molecule has 0 spiro atoms. The second-order valence-electron chi connectivity index (χ2n) is 5.03. The van der Waals surface area contributed by atoms with Gasteiger partial charge in [-0.2, -0.15) is 0 Å². The van der Waals surface area contributed by atoms with E-state index < -0.39 is 0 Å². The van der Waals surface area contributed by atoms with Crippen molar-refractivity contribution < 1.29 is 9.47 Å². The van der Waals surface area contributed by atoms with E-state index in [1.54, 1.807) is 0 Å². The van der Waals surface area contributed by atoms with Crippen LogP contribution in [0.15, 0.2) is 18.2 Å². The van der Waals surface area contributed by atoms with Gasteiger partial charge in [0, 0.05) is 12.1 Å². The predicted molar refractivity (Wildman–Crippen MR) is 90.3 cm³/mol. The largest absolute Gasteiger partial charge is 0.490 e. The van der Waals surface area contributed by atoms with E-state index in [2.05, 4.69) is 25.1 Å². The van der Waals surface area contributed by atoms with Gasteiger partial charge in [0.1, 0.15) is 6.61 Å². The number of rotatable bonds is 9. The number of hydrogen-bond acceptors (Lipinski definition) is 3. The smallest absolute Gasteiger partial charge is 0.167 e. The minimum atomic E-state index is 0. The van der Waals surface area contributed by atoms with Gasteiger partial charge >= 0.3 is 0 Å². The summed E-state index contributed by atoms with van der Waals surface area (Å²) in [5.74, 6) is 4.71. The summed E-state index contributed by atoms with van der Waals surface area (Å²) < 4.78 is 11.2. The van der Waals surface area contributed by atoms with Gasteiger partial charge in [-0.25, -0.2) is 0 Å². The third-order valence-corrected chi connectivity index (χ3v) is 2.87. The van der Waals surface area contributed by atoms with Crippen molar-refractivity contribution in [3.8, 4) is 23.8 Å². The van der Waals surface area contributed by atoms with Crippen LogP contribution in [0.3, 0.4) is 0 Å². The van der Waals surface area contributed by atoms with E-state index in [0.717, 1.165) is 36.6 Å². The Bertz CT molecular complexity index is 441. The van der Waals surface area contributed by atoms with E-state index in [1.807, 2.05) is 25.1 Å². The van der Waals surface area contributed by atoms with Gasteiger partial charge < -0.3 is 14.8 Å². The van der Waals surface area contributed by atoms with Crippen molar-refractivity contribution in [2.75, 3.05) is 19.8 Å². The molecule has 4 heteroatoms. The number of terminal acetylenes is 1. The molecule has 0 aliphatic heterocycles.